The van der Waals surface area contributed by atoms with Crippen LogP contribution in [0.15, 0.2) is 40.3 Å². The second-order valence-electron chi connectivity index (χ2n) is 8.12. The van der Waals surface area contributed by atoms with Crippen LogP contribution in [0.25, 0.3) is 15.9 Å². The van der Waals surface area contributed by atoms with Gasteiger partial charge in [-0.05, 0) is 37.0 Å². The van der Waals surface area contributed by atoms with Crippen molar-refractivity contribution < 1.29 is 9.59 Å². The zero-order valence-corrected chi connectivity index (χ0v) is 19.5. The van der Waals surface area contributed by atoms with Crippen molar-refractivity contribution in [3.05, 3.63) is 51.1 Å². The maximum atomic E-state index is 13.7. The average Bonchev–Trinajstić information content (AvgIpc) is 3.45. The zero-order chi connectivity index (χ0) is 22.2. The Morgan fingerprint density at radius 3 is 2.56 bits per heavy atom. The molecule has 0 aliphatic carbocycles. The number of carbonyl (C=O) groups excluding carboxylic acids is 2. The van der Waals surface area contributed by atoms with Crippen LogP contribution in [0.3, 0.4) is 0 Å². The number of benzene rings is 1. The van der Waals surface area contributed by atoms with E-state index in [4.69, 9.17) is 4.98 Å². The molecule has 0 spiro atoms. The summed E-state index contributed by atoms with van der Waals surface area (Å²) in [5.41, 5.74) is 1.64. The highest BCUT2D eigenvalue weighted by Gasteiger charge is 2.27. The van der Waals surface area contributed by atoms with Gasteiger partial charge >= 0.3 is 0 Å². The monoisotopic (exact) mass is 468 g/mol. The van der Waals surface area contributed by atoms with E-state index in [1.165, 1.54) is 23.1 Å². The van der Waals surface area contributed by atoms with Gasteiger partial charge in [0.05, 0.1) is 23.4 Å². The minimum absolute atomic E-state index is 0.0411. The van der Waals surface area contributed by atoms with Crippen LogP contribution in [0.5, 0.6) is 0 Å². The molecule has 9 heteroatoms. The Balaban J connectivity index is 1.58. The lowest BCUT2D eigenvalue weighted by Gasteiger charge is -2.25. The molecule has 0 saturated carbocycles. The molecule has 2 amide bonds. The van der Waals surface area contributed by atoms with Crippen molar-refractivity contribution in [2.75, 3.05) is 25.4 Å². The summed E-state index contributed by atoms with van der Waals surface area (Å²) in [5, 5.41) is 1.18. The molecule has 0 N–H and O–H groups in total. The smallest absolute Gasteiger partial charge is 0.267 e. The highest BCUT2D eigenvalue weighted by molar-refractivity contribution is 7.99. The van der Waals surface area contributed by atoms with Gasteiger partial charge in [0.15, 0.2) is 5.16 Å². The van der Waals surface area contributed by atoms with Crippen LogP contribution in [-0.4, -0.2) is 56.6 Å². The Hall–Kier alpha value is -2.65. The Morgan fingerprint density at radius 1 is 1.09 bits per heavy atom. The molecular weight excluding hydrogens is 444 g/mol. The molecule has 4 heterocycles. The molecular formula is C23H24N4O3S2. The van der Waals surface area contributed by atoms with Gasteiger partial charge in [0.1, 0.15) is 4.83 Å². The Bertz CT molecular complexity index is 1250. The van der Waals surface area contributed by atoms with E-state index in [0.717, 1.165) is 42.1 Å². The first-order valence-corrected chi connectivity index (χ1v) is 12.6. The van der Waals surface area contributed by atoms with Crippen molar-refractivity contribution in [3.8, 4) is 5.69 Å². The van der Waals surface area contributed by atoms with Crippen molar-refractivity contribution in [1.29, 1.82) is 0 Å². The topological polar surface area (TPSA) is 75.5 Å². The number of hydrogen-bond donors (Lipinski definition) is 0. The third kappa shape index (κ3) is 3.84. The molecule has 0 atom stereocenters. The first-order chi connectivity index (χ1) is 15.5. The van der Waals surface area contributed by atoms with Gasteiger partial charge in [0, 0.05) is 31.4 Å². The number of rotatable bonds is 4. The Labute approximate surface area is 194 Å². The lowest BCUT2D eigenvalue weighted by molar-refractivity contribution is -0.129. The van der Waals surface area contributed by atoms with Gasteiger partial charge in [-0.15, -0.1) is 11.3 Å². The predicted octanol–water partition coefficient (Wildman–Crippen LogP) is 3.07. The van der Waals surface area contributed by atoms with Gasteiger partial charge in [0.2, 0.25) is 11.8 Å². The van der Waals surface area contributed by atoms with E-state index in [-0.39, 0.29) is 23.1 Å². The summed E-state index contributed by atoms with van der Waals surface area (Å²) in [7, 11) is 0. The molecule has 2 aromatic heterocycles. The molecule has 7 nitrogen and oxygen atoms in total. The quantitative estimate of drug-likeness (QED) is 0.435. The van der Waals surface area contributed by atoms with E-state index in [0.29, 0.717) is 34.9 Å². The van der Waals surface area contributed by atoms with Gasteiger partial charge in [-0.25, -0.2) is 4.98 Å². The number of nitrogens with zero attached hydrogens (tertiary/aromatic N) is 4. The first-order valence-electron chi connectivity index (χ1n) is 10.8. The van der Waals surface area contributed by atoms with Crippen molar-refractivity contribution in [2.24, 2.45) is 0 Å². The lowest BCUT2D eigenvalue weighted by atomic mass is 10.1. The number of hydrogen-bond acceptors (Lipinski definition) is 6. The van der Waals surface area contributed by atoms with Gasteiger partial charge in [-0.2, -0.15) is 0 Å². The SMILES string of the molecule is CC(=O)N1CCc2c(sc3nc(SCC(=O)N4CCCC4)n(-c4ccccc4)c(=O)c23)C1. The number of fused-ring (bicyclic) bond motifs is 3. The van der Waals surface area contributed by atoms with Gasteiger partial charge in [0.25, 0.3) is 5.56 Å². The fraction of sp³-hybridized carbons (Fsp3) is 0.391. The minimum Gasteiger partial charge on any atom is -0.342 e. The minimum atomic E-state index is -0.105. The van der Waals surface area contributed by atoms with Crippen LogP contribution in [0, 0.1) is 0 Å². The van der Waals surface area contributed by atoms with Crippen LogP contribution < -0.4 is 5.56 Å². The molecule has 0 radical (unpaired) electrons. The molecule has 2 aliphatic rings. The fourth-order valence-electron chi connectivity index (χ4n) is 4.38. The van der Waals surface area contributed by atoms with Crippen molar-refractivity contribution >= 4 is 45.1 Å². The molecule has 2 aliphatic heterocycles. The van der Waals surface area contributed by atoms with E-state index in [9.17, 15) is 14.4 Å². The van der Waals surface area contributed by atoms with E-state index in [2.05, 4.69) is 0 Å². The number of thioether (sulfide) groups is 1. The van der Waals surface area contributed by atoms with Crippen LogP contribution in [0.4, 0.5) is 0 Å². The summed E-state index contributed by atoms with van der Waals surface area (Å²) >= 11 is 2.81. The number of likely N-dealkylation sites (tertiary alicyclic amines) is 1. The third-order valence-corrected chi connectivity index (χ3v) is 8.12. The molecule has 5 rings (SSSR count). The van der Waals surface area contributed by atoms with Crippen LogP contribution in [0.2, 0.25) is 0 Å². The maximum Gasteiger partial charge on any atom is 0.267 e. The summed E-state index contributed by atoms with van der Waals surface area (Å²) in [6.45, 7) is 4.32. The predicted molar refractivity (Wildman–Crippen MR) is 127 cm³/mol. The largest absolute Gasteiger partial charge is 0.342 e. The summed E-state index contributed by atoms with van der Waals surface area (Å²) in [4.78, 5) is 48.5. The first kappa shape index (κ1) is 21.2. The molecule has 1 saturated heterocycles. The third-order valence-electron chi connectivity index (χ3n) is 6.09. The fourth-order valence-corrected chi connectivity index (χ4v) is 6.57. The van der Waals surface area contributed by atoms with E-state index in [1.54, 1.807) is 16.4 Å². The highest BCUT2D eigenvalue weighted by Crippen LogP contribution is 2.34. The van der Waals surface area contributed by atoms with Crippen molar-refractivity contribution in [3.63, 3.8) is 0 Å². The lowest BCUT2D eigenvalue weighted by Crippen LogP contribution is -2.34. The molecule has 32 heavy (non-hydrogen) atoms. The number of carbonyl (C=O) groups is 2. The summed E-state index contributed by atoms with van der Waals surface area (Å²) in [6, 6.07) is 9.47. The average molecular weight is 469 g/mol. The van der Waals surface area contributed by atoms with Crippen molar-refractivity contribution in [2.45, 2.75) is 37.9 Å². The molecule has 1 fully saturated rings. The van der Waals surface area contributed by atoms with Gasteiger partial charge < -0.3 is 9.80 Å². The molecule has 0 bridgehead atoms. The Morgan fingerprint density at radius 2 is 1.84 bits per heavy atom. The summed E-state index contributed by atoms with van der Waals surface area (Å²) in [5.74, 6) is 0.386. The van der Waals surface area contributed by atoms with E-state index in [1.807, 2.05) is 35.2 Å². The number of para-hydroxylation sites is 1. The second-order valence-corrected chi connectivity index (χ2v) is 10.1. The zero-order valence-electron chi connectivity index (χ0n) is 17.9. The van der Waals surface area contributed by atoms with Crippen LogP contribution in [0.1, 0.15) is 30.2 Å². The molecule has 166 valence electrons. The maximum absolute atomic E-state index is 13.7. The summed E-state index contributed by atoms with van der Waals surface area (Å²) in [6.07, 6.45) is 2.75. The molecule has 3 aromatic rings. The second kappa shape index (κ2) is 8.71. The number of aromatic nitrogens is 2. The number of thiophene rings is 1. The van der Waals surface area contributed by atoms with E-state index < -0.39 is 0 Å². The molecule has 0 unspecified atom stereocenters. The summed E-state index contributed by atoms with van der Waals surface area (Å²) < 4.78 is 1.63. The van der Waals surface area contributed by atoms with E-state index >= 15 is 0 Å². The highest BCUT2D eigenvalue weighted by atomic mass is 32.2. The standard InChI is InChI=1S/C23H24N4O3S2/c1-15(28)26-12-9-17-18(13-26)32-21-20(17)22(30)27(16-7-3-2-4-8-16)23(24-21)31-14-19(29)25-10-5-6-11-25/h2-4,7-8H,5-6,9-14H2,1H3. The van der Waals surface area contributed by atoms with Crippen LogP contribution >= 0.6 is 23.1 Å². The van der Waals surface area contributed by atoms with Crippen molar-refractivity contribution in [1.82, 2.24) is 19.4 Å². The normalized spacial score (nSPS) is 15.9. The van der Waals surface area contributed by atoms with Gasteiger partial charge in [-0.1, -0.05) is 30.0 Å². The van der Waals surface area contributed by atoms with Crippen LogP contribution in [-0.2, 0) is 22.6 Å². The molecule has 1 aromatic carbocycles. The Kier molecular flexibility index (Phi) is 5.77. The number of amides is 2. The van der Waals surface area contributed by atoms with Gasteiger partial charge in [-0.3, -0.25) is 19.0 Å².